The van der Waals surface area contributed by atoms with Gasteiger partial charge in [-0.3, -0.25) is 9.11 Å². The Labute approximate surface area is 106 Å². The molecule has 0 unspecified atom stereocenters. The summed E-state index contributed by atoms with van der Waals surface area (Å²) in [6, 6.07) is 0. The minimum Gasteiger partial charge on any atom is 0 e. The van der Waals surface area contributed by atoms with Gasteiger partial charge in [0.1, 0.15) is 0 Å². The summed E-state index contributed by atoms with van der Waals surface area (Å²) in [6.07, 6.45) is 0. The Hall–Kier alpha value is 2.52. The second-order valence-electron chi connectivity index (χ2n) is 0.448. The summed E-state index contributed by atoms with van der Waals surface area (Å²) >= 11 is 0. The molecule has 0 fully saturated rings. The molecule has 8 heteroatoms. The summed E-state index contributed by atoms with van der Waals surface area (Å²) in [6.45, 7) is 0. The van der Waals surface area contributed by atoms with Gasteiger partial charge in [0, 0.05) is 19.5 Å². The van der Waals surface area contributed by atoms with Gasteiger partial charge in [0.25, 0.3) is 0 Å². The van der Waals surface area contributed by atoms with Crippen molar-refractivity contribution in [3.05, 3.63) is 0 Å². The van der Waals surface area contributed by atoms with Crippen molar-refractivity contribution in [1.82, 2.24) is 0 Å². The van der Waals surface area contributed by atoms with E-state index in [0.717, 1.165) is 0 Å². The van der Waals surface area contributed by atoms with E-state index in [4.69, 9.17) is 17.5 Å². The van der Waals surface area contributed by atoms with E-state index < -0.39 is 10.4 Å². The monoisotopic (exact) mass is 230 g/mol. The summed E-state index contributed by atoms with van der Waals surface area (Å²) < 4.78 is 31.6. The van der Waals surface area contributed by atoms with Gasteiger partial charge < -0.3 is 0 Å². The van der Waals surface area contributed by atoms with Crippen LogP contribution in [0, 0.1) is 0 Å². The molecular formula is H6CaMgO4SZn. The van der Waals surface area contributed by atoms with Crippen LogP contribution >= 0.6 is 0 Å². The van der Waals surface area contributed by atoms with Crippen LogP contribution in [-0.4, -0.2) is 78.3 Å². The van der Waals surface area contributed by atoms with Crippen LogP contribution in [0.3, 0.4) is 0 Å². The van der Waals surface area contributed by atoms with Gasteiger partial charge in [0.2, 0.25) is 0 Å². The predicted octanol–water partition coefficient (Wildman–Crippen LogP) is -2.49. The third kappa shape index (κ3) is 75.9. The van der Waals surface area contributed by atoms with Gasteiger partial charge in [-0.05, 0) is 0 Å². The largest absolute Gasteiger partial charge is 0.316 e. The van der Waals surface area contributed by atoms with Gasteiger partial charge in [-0.2, -0.15) is 8.42 Å². The normalized spacial score (nSPS) is 7.25. The van der Waals surface area contributed by atoms with Gasteiger partial charge in [0.15, 0.2) is 0 Å². The molecule has 0 atom stereocenters. The molecule has 0 saturated heterocycles. The molecule has 8 heavy (non-hydrogen) atoms. The summed E-state index contributed by atoms with van der Waals surface area (Å²) in [4.78, 5) is 0. The van der Waals surface area contributed by atoms with Gasteiger partial charge in [-0.25, -0.2) is 0 Å². The number of rotatable bonds is 0. The van der Waals surface area contributed by atoms with Crippen LogP contribution in [-0.2, 0) is 29.9 Å². The van der Waals surface area contributed by atoms with E-state index >= 15 is 0 Å². The average Bonchev–Trinajstić information content (AvgIpc) is 0.722. The van der Waals surface area contributed by atoms with Gasteiger partial charge in [-0.15, -0.1) is 0 Å². The molecule has 0 heterocycles. The second-order valence-corrected chi connectivity index (χ2v) is 1.34. The van der Waals surface area contributed by atoms with Gasteiger partial charge >= 0.3 is 71.2 Å². The fraction of sp³-hybridized carbons (Fsp3) is 0. The Kier molecular flexibility index (Phi) is 26.7. The third-order valence-electron chi connectivity index (χ3n) is 0. The van der Waals surface area contributed by atoms with Crippen molar-refractivity contribution in [2.45, 2.75) is 0 Å². The maximum Gasteiger partial charge on any atom is 0.316 e. The summed E-state index contributed by atoms with van der Waals surface area (Å²) in [7, 11) is -4.67. The van der Waals surface area contributed by atoms with Crippen LogP contribution in [0.2, 0.25) is 0 Å². The zero-order valence-corrected chi connectivity index (χ0v) is 6.61. The maximum absolute atomic E-state index is 8.74. The van der Waals surface area contributed by atoms with Crippen LogP contribution in [0.15, 0.2) is 0 Å². The first-order valence-electron chi connectivity index (χ1n) is 0.698. The van der Waals surface area contributed by atoms with E-state index in [1.54, 1.807) is 0 Å². The smallest absolute Gasteiger partial charge is 0 e. The molecule has 0 saturated carbocycles. The van der Waals surface area contributed by atoms with E-state index in [0.29, 0.717) is 0 Å². The van der Waals surface area contributed by atoms with Crippen molar-refractivity contribution in [2.75, 3.05) is 0 Å². The van der Waals surface area contributed by atoms with Crippen LogP contribution < -0.4 is 0 Å². The van der Waals surface area contributed by atoms with E-state index in [1.165, 1.54) is 0 Å². The molecule has 0 amide bonds. The second kappa shape index (κ2) is 9.52. The Morgan fingerprint density at radius 3 is 1.12 bits per heavy atom. The molecular weight excluding hydrogens is 226 g/mol. The first-order valence-corrected chi connectivity index (χ1v) is 2.10. The minimum atomic E-state index is -4.67. The molecule has 0 aliphatic heterocycles. The summed E-state index contributed by atoms with van der Waals surface area (Å²) in [5, 5.41) is 0. The van der Waals surface area contributed by atoms with Crippen molar-refractivity contribution in [1.29, 1.82) is 0 Å². The molecule has 0 bridgehead atoms. The van der Waals surface area contributed by atoms with E-state index in [9.17, 15) is 0 Å². The summed E-state index contributed by atoms with van der Waals surface area (Å²) in [5.74, 6) is 0. The molecule has 42 valence electrons. The molecule has 0 spiro atoms. The Balaban J connectivity index is -0.0000000267. The topological polar surface area (TPSA) is 74.6 Å². The minimum absolute atomic E-state index is 0. The molecule has 2 N–H and O–H groups in total. The quantitative estimate of drug-likeness (QED) is 0.358. The standard InChI is InChI=1S/Ca.Mg.H2O4S.Zn.4H/c;;1-5(2,3)4;;;;;/h;;(H2,1,2,3,4);;;;;. The first-order chi connectivity index (χ1) is 2.00. The third-order valence-corrected chi connectivity index (χ3v) is 0. The van der Waals surface area contributed by atoms with Crippen LogP contribution in [0.25, 0.3) is 0 Å². The molecule has 0 aliphatic carbocycles. The van der Waals surface area contributed by atoms with Crippen LogP contribution in [0.1, 0.15) is 0 Å². The van der Waals surface area contributed by atoms with E-state index in [1.807, 2.05) is 0 Å². The van der Waals surface area contributed by atoms with Crippen LogP contribution in [0.4, 0.5) is 0 Å². The van der Waals surface area contributed by atoms with Crippen molar-refractivity contribution in [3.8, 4) is 0 Å². The fourth-order valence-electron chi connectivity index (χ4n) is 0. The molecule has 0 aromatic rings. The maximum atomic E-state index is 8.74. The van der Waals surface area contributed by atoms with Gasteiger partial charge in [0.05, 0.1) is 0 Å². The molecule has 0 rings (SSSR count). The Bertz CT molecular complexity index is 99.2. The Morgan fingerprint density at radius 1 is 1.12 bits per heavy atom. The van der Waals surface area contributed by atoms with Crippen molar-refractivity contribution in [2.24, 2.45) is 0 Å². The summed E-state index contributed by atoms with van der Waals surface area (Å²) in [5.41, 5.74) is 0. The zero-order chi connectivity index (χ0) is 4.50. The molecule has 0 aliphatic rings. The van der Waals surface area contributed by atoms with Gasteiger partial charge in [-0.1, -0.05) is 0 Å². The van der Waals surface area contributed by atoms with E-state index in [2.05, 4.69) is 0 Å². The van der Waals surface area contributed by atoms with Crippen molar-refractivity contribution in [3.63, 3.8) is 0 Å². The zero-order valence-electron chi connectivity index (χ0n) is 2.83. The van der Waals surface area contributed by atoms with Crippen molar-refractivity contribution >= 4 is 71.2 Å². The van der Waals surface area contributed by atoms with Crippen LogP contribution in [0.5, 0.6) is 0 Å². The number of hydrogen-bond donors (Lipinski definition) is 2. The molecule has 0 aromatic heterocycles. The molecule has 0 radical (unpaired) electrons. The fourth-order valence-corrected chi connectivity index (χ4v) is 0. The SMILES string of the molecule is O=S(=O)(O)O.[CaH2].[MgH2].[Zn]. The van der Waals surface area contributed by atoms with E-state index in [-0.39, 0.29) is 80.3 Å². The molecule has 4 nitrogen and oxygen atoms in total. The average molecular weight is 232 g/mol. The first kappa shape index (κ1) is 22.4. The Morgan fingerprint density at radius 2 is 1.12 bits per heavy atom. The molecule has 0 aromatic carbocycles. The van der Waals surface area contributed by atoms with Crippen molar-refractivity contribution < 1.29 is 37.0 Å². The number of hydrogen-bond acceptors (Lipinski definition) is 2. The predicted molar refractivity (Wildman–Crippen MR) is 31.3 cm³/mol.